The van der Waals surface area contributed by atoms with E-state index in [9.17, 15) is 0 Å². The molecule has 0 atom stereocenters. The van der Waals surface area contributed by atoms with E-state index in [0.29, 0.717) is 0 Å². The number of hydrogen-bond donors (Lipinski definition) is 1. The van der Waals surface area contributed by atoms with Gasteiger partial charge in [-0.2, -0.15) is 0 Å². The third kappa shape index (κ3) is 2.35. The minimum atomic E-state index is 0.731. The molecule has 2 aromatic heterocycles. The number of hydrogen-bond acceptors (Lipinski definition) is 3. The Morgan fingerprint density at radius 2 is 1.74 bits per heavy atom. The van der Waals surface area contributed by atoms with Gasteiger partial charge in [0, 0.05) is 16.9 Å². The van der Waals surface area contributed by atoms with Gasteiger partial charge in [0.1, 0.15) is 0 Å². The van der Waals surface area contributed by atoms with Gasteiger partial charge in [-0.3, -0.25) is 0 Å². The molecular formula is C19H15N3S. The maximum absolute atomic E-state index is 4.78. The molecule has 0 aliphatic heterocycles. The van der Waals surface area contributed by atoms with Crippen LogP contribution >= 0.6 is 11.3 Å². The van der Waals surface area contributed by atoms with Gasteiger partial charge in [0.25, 0.3) is 0 Å². The number of fused-ring (bicyclic) bond motifs is 1. The van der Waals surface area contributed by atoms with Crippen LogP contribution in [0.25, 0.3) is 33.4 Å². The molecule has 1 fully saturated rings. The largest absolute Gasteiger partial charge is 0.345 e. The lowest BCUT2D eigenvalue weighted by Gasteiger charge is -2.03. The van der Waals surface area contributed by atoms with E-state index in [-0.39, 0.29) is 0 Å². The van der Waals surface area contributed by atoms with Crippen molar-refractivity contribution in [2.75, 3.05) is 0 Å². The van der Waals surface area contributed by atoms with Crippen molar-refractivity contribution in [2.24, 2.45) is 0 Å². The van der Waals surface area contributed by atoms with Gasteiger partial charge in [0.05, 0.1) is 28.1 Å². The van der Waals surface area contributed by atoms with Crippen LogP contribution in [0.2, 0.25) is 0 Å². The van der Waals surface area contributed by atoms with E-state index in [1.54, 1.807) is 17.7 Å². The van der Waals surface area contributed by atoms with Crippen molar-refractivity contribution in [3.8, 4) is 22.4 Å². The smallest absolute Gasteiger partial charge is 0.0963 e. The minimum absolute atomic E-state index is 0.731. The van der Waals surface area contributed by atoms with Gasteiger partial charge in [0.2, 0.25) is 0 Å². The summed E-state index contributed by atoms with van der Waals surface area (Å²) in [5, 5.41) is 3.48. The molecule has 0 bridgehead atoms. The fraction of sp³-hybridized carbons (Fsp3) is 0.158. The molecule has 5 rings (SSSR count). The summed E-state index contributed by atoms with van der Waals surface area (Å²) in [6.07, 6.45) is 4.35. The summed E-state index contributed by atoms with van der Waals surface area (Å²) >= 11 is 1.80. The maximum Gasteiger partial charge on any atom is 0.0963 e. The fourth-order valence-corrected chi connectivity index (χ4v) is 3.89. The van der Waals surface area contributed by atoms with Gasteiger partial charge in [0.15, 0.2) is 0 Å². The molecule has 2 aromatic carbocycles. The molecule has 0 amide bonds. The molecule has 0 spiro atoms. The van der Waals surface area contributed by atoms with E-state index in [0.717, 1.165) is 22.6 Å². The van der Waals surface area contributed by atoms with E-state index in [2.05, 4.69) is 57.8 Å². The molecule has 3 nitrogen and oxygen atoms in total. The van der Waals surface area contributed by atoms with E-state index >= 15 is 0 Å². The summed E-state index contributed by atoms with van der Waals surface area (Å²) < 4.78 is 0. The lowest BCUT2D eigenvalue weighted by molar-refractivity contribution is 1.09. The van der Waals surface area contributed by atoms with Gasteiger partial charge < -0.3 is 4.98 Å². The highest BCUT2D eigenvalue weighted by Gasteiger charge is 2.26. The first-order valence-corrected chi connectivity index (χ1v) is 8.74. The van der Waals surface area contributed by atoms with Crippen molar-refractivity contribution >= 4 is 22.4 Å². The molecule has 2 heterocycles. The number of benzene rings is 2. The van der Waals surface area contributed by atoms with Crippen molar-refractivity contribution in [3.63, 3.8) is 0 Å². The van der Waals surface area contributed by atoms with Crippen LogP contribution in [0.4, 0.5) is 0 Å². The number of nitrogens with zero attached hydrogens (tertiary/aromatic N) is 2. The highest BCUT2D eigenvalue weighted by Crippen LogP contribution is 2.42. The summed E-state index contributed by atoms with van der Waals surface area (Å²) in [5.74, 6) is 0.731. The van der Waals surface area contributed by atoms with E-state index < -0.39 is 0 Å². The second-order valence-electron chi connectivity index (χ2n) is 6.06. The molecule has 1 N–H and O–H groups in total. The lowest BCUT2D eigenvalue weighted by Crippen LogP contribution is -1.82. The predicted octanol–water partition coefficient (Wildman–Crippen LogP) is 5.23. The van der Waals surface area contributed by atoms with Crippen LogP contribution in [0.15, 0.2) is 54.2 Å². The highest BCUT2D eigenvalue weighted by molar-refractivity contribution is 7.10. The molecule has 0 unspecified atom stereocenters. The average molecular weight is 317 g/mol. The summed E-state index contributed by atoms with van der Waals surface area (Å²) in [7, 11) is 0. The number of H-pyrrole nitrogens is 1. The molecule has 1 aliphatic carbocycles. The van der Waals surface area contributed by atoms with Gasteiger partial charge >= 0.3 is 0 Å². The number of thiazole rings is 1. The van der Waals surface area contributed by atoms with Crippen molar-refractivity contribution in [1.82, 2.24) is 15.0 Å². The highest BCUT2D eigenvalue weighted by atomic mass is 32.1. The van der Waals surface area contributed by atoms with Gasteiger partial charge in [-0.1, -0.05) is 30.3 Å². The minimum Gasteiger partial charge on any atom is -0.345 e. The first-order chi connectivity index (χ1) is 11.4. The van der Waals surface area contributed by atoms with Crippen LogP contribution < -0.4 is 0 Å². The van der Waals surface area contributed by atoms with Crippen LogP contribution in [0, 0.1) is 0 Å². The SMILES string of the molecule is c1nc2ccc(-c3ccc(-c4csc(C5CC5)n4)cc3)cc2[nH]1. The summed E-state index contributed by atoms with van der Waals surface area (Å²) in [4.78, 5) is 12.2. The number of aromatic nitrogens is 3. The molecule has 23 heavy (non-hydrogen) atoms. The van der Waals surface area contributed by atoms with E-state index in [1.807, 2.05) is 0 Å². The number of aromatic amines is 1. The summed E-state index contributed by atoms with van der Waals surface area (Å²) in [6, 6.07) is 15.0. The topological polar surface area (TPSA) is 41.6 Å². The second-order valence-corrected chi connectivity index (χ2v) is 6.95. The average Bonchev–Trinajstić information content (AvgIpc) is 3.14. The van der Waals surface area contributed by atoms with Crippen LogP contribution in [0.1, 0.15) is 23.8 Å². The summed E-state index contributed by atoms with van der Waals surface area (Å²) in [6.45, 7) is 0. The first-order valence-electron chi connectivity index (χ1n) is 7.86. The molecule has 112 valence electrons. The standard InChI is InChI=1S/C19H15N3S/c1-3-13(18-10-23-19(22-18)14-5-6-14)4-2-12(1)15-7-8-16-17(9-15)21-11-20-16/h1-4,7-11,14H,5-6H2,(H,20,21). The zero-order valence-electron chi connectivity index (χ0n) is 12.5. The van der Waals surface area contributed by atoms with E-state index in [4.69, 9.17) is 4.98 Å². The van der Waals surface area contributed by atoms with Crippen molar-refractivity contribution < 1.29 is 0 Å². The Hall–Kier alpha value is -2.46. The Balaban J connectivity index is 1.47. The maximum atomic E-state index is 4.78. The summed E-state index contributed by atoms with van der Waals surface area (Å²) in [5.41, 5.74) is 6.78. The third-order valence-electron chi connectivity index (χ3n) is 4.38. The lowest BCUT2D eigenvalue weighted by atomic mass is 10.0. The Bertz CT molecular complexity index is 977. The molecule has 1 aliphatic rings. The molecular weight excluding hydrogens is 302 g/mol. The van der Waals surface area contributed by atoms with Crippen LogP contribution in [0.3, 0.4) is 0 Å². The number of nitrogens with one attached hydrogen (secondary N) is 1. The van der Waals surface area contributed by atoms with Crippen LogP contribution in [-0.4, -0.2) is 15.0 Å². The first kappa shape index (κ1) is 13.0. The van der Waals surface area contributed by atoms with Crippen LogP contribution in [0.5, 0.6) is 0 Å². The van der Waals surface area contributed by atoms with E-state index in [1.165, 1.54) is 34.5 Å². The fourth-order valence-electron chi connectivity index (χ4n) is 2.89. The van der Waals surface area contributed by atoms with Crippen LogP contribution in [-0.2, 0) is 0 Å². The van der Waals surface area contributed by atoms with Crippen molar-refractivity contribution in [2.45, 2.75) is 18.8 Å². The van der Waals surface area contributed by atoms with Crippen molar-refractivity contribution in [3.05, 3.63) is 59.2 Å². The van der Waals surface area contributed by atoms with Gasteiger partial charge in [-0.25, -0.2) is 9.97 Å². The molecule has 4 heteroatoms. The molecule has 1 saturated carbocycles. The zero-order valence-corrected chi connectivity index (χ0v) is 13.3. The molecule has 0 saturated heterocycles. The normalized spacial score (nSPS) is 14.4. The van der Waals surface area contributed by atoms with Crippen molar-refractivity contribution in [1.29, 1.82) is 0 Å². The van der Waals surface area contributed by atoms with Gasteiger partial charge in [-0.15, -0.1) is 11.3 Å². The third-order valence-corrected chi connectivity index (χ3v) is 5.39. The Morgan fingerprint density at radius 1 is 0.957 bits per heavy atom. The quantitative estimate of drug-likeness (QED) is 0.562. The number of imidazole rings is 1. The Labute approximate surface area is 138 Å². The molecule has 4 aromatic rings. The Morgan fingerprint density at radius 3 is 2.57 bits per heavy atom. The number of rotatable bonds is 3. The molecule has 0 radical (unpaired) electrons. The van der Waals surface area contributed by atoms with Gasteiger partial charge in [-0.05, 0) is 36.1 Å². The monoisotopic (exact) mass is 317 g/mol. The zero-order chi connectivity index (χ0) is 15.2. The Kier molecular flexibility index (Phi) is 2.85. The predicted molar refractivity (Wildman–Crippen MR) is 94.6 cm³/mol. The second kappa shape index (κ2) is 5.03.